The highest BCUT2D eigenvalue weighted by Crippen LogP contribution is 2.16. The van der Waals surface area contributed by atoms with Crippen LogP contribution in [0.15, 0.2) is 18.2 Å². The van der Waals surface area contributed by atoms with Gasteiger partial charge in [-0.15, -0.1) is 0 Å². The largest absolute Gasteiger partial charge is 0.396 e. The van der Waals surface area contributed by atoms with Gasteiger partial charge in [0, 0.05) is 18.2 Å². The van der Waals surface area contributed by atoms with Crippen molar-refractivity contribution in [3.05, 3.63) is 34.3 Å². The number of hydrogen-bond acceptors (Lipinski definition) is 2. The zero-order valence-corrected chi connectivity index (χ0v) is 9.14. The summed E-state index contributed by atoms with van der Waals surface area (Å²) in [6.45, 7) is 3.84. The second kappa shape index (κ2) is 6.02. The standard InChI is InChI=1S/C11H16ClNO/c1-9-3-4-10(11(12)7-9)8-13-5-2-6-14/h3-4,7,13-14H,2,5-6,8H2,1H3. The maximum Gasteiger partial charge on any atom is 0.0453 e. The fourth-order valence-electron chi connectivity index (χ4n) is 1.22. The van der Waals surface area contributed by atoms with Crippen molar-refractivity contribution < 1.29 is 5.11 Å². The van der Waals surface area contributed by atoms with Gasteiger partial charge in [0.1, 0.15) is 0 Å². The second-order valence-corrected chi connectivity index (χ2v) is 3.76. The molecule has 0 aliphatic rings. The summed E-state index contributed by atoms with van der Waals surface area (Å²) < 4.78 is 0. The number of benzene rings is 1. The molecule has 2 N–H and O–H groups in total. The number of nitrogens with one attached hydrogen (secondary N) is 1. The summed E-state index contributed by atoms with van der Waals surface area (Å²) in [4.78, 5) is 0. The van der Waals surface area contributed by atoms with Crippen molar-refractivity contribution in [1.82, 2.24) is 5.32 Å². The predicted octanol–water partition coefficient (Wildman–Crippen LogP) is 2.12. The maximum absolute atomic E-state index is 8.59. The van der Waals surface area contributed by atoms with E-state index >= 15 is 0 Å². The first-order chi connectivity index (χ1) is 6.74. The van der Waals surface area contributed by atoms with Gasteiger partial charge in [-0.2, -0.15) is 0 Å². The summed E-state index contributed by atoms with van der Waals surface area (Å²) in [7, 11) is 0. The molecule has 0 heterocycles. The van der Waals surface area contributed by atoms with E-state index in [0.717, 1.165) is 30.1 Å². The molecule has 2 nitrogen and oxygen atoms in total. The van der Waals surface area contributed by atoms with Gasteiger partial charge in [0.05, 0.1) is 0 Å². The Morgan fingerprint density at radius 3 is 2.86 bits per heavy atom. The molecule has 1 aromatic rings. The molecule has 1 aromatic carbocycles. The second-order valence-electron chi connectivity index (χ2n) is 3.35. The summed E-state index contributed by atoms with van der Waals surface area (Å²) in [6, 6.07) is 6.04. The molecule has 0 aliphatic carbocycles. The van der Waals surface area contributed by atoms with Crippen LogP contribution >= 0.6 is 11.6 Å². The Kier molecular flexibility index (Phi) is 4.94. The Labute approximate surface area is 89.9 Å². The van der Waals surface area contributed by atoms with Gasteiger partial charge in [-0.3, -0.25) is 0 Å². The van der Waals surface area contributed by atoms with Crippen molar-refractivity contribution in [2.24, 2.45) is 0 Å². The van der Waals surface area contributed by atoms with Gasteiger partial charge in [0.2, 0.25) is 0 Å². The van der Waals surface area contributed by atoms with Gasteiger partial charge in [0.15, 0.2) is 0 Å². The molecule has 0 amide bonds. The molecule has 78 valence electrons. The quantitative estimate of drug-likeness (QED) is 0.735. The smallest absolute Gasteiger partial charge is 0.0453 e. The maximum atomic E-state index is 8.59. The minimum Gasteiger partial charge on any atom is -0.396 e. The Balaban J connectivity index is 2.42. The van der Waals surface area contributed by atoms with Crippen LogP contribution in [0.3, 0.4) is 0 Å². The molecular weight excluding hydrogens is 198 g/mol. The van der Waals surface area contributed by atoms with Crippen molar-refractivity contribution in [2.75, 3.05) is 13.2 Å². The summed E-state index contributed by atoms with van der Waals surface area (Å²) in [5, 5.41) is 12.6. The zero-order chi connectivity index (χ0) is 10.4. The van der Waals surface area contributed by atoms with Gasteiger partial charge >= 0.3 is 0 Å². The number of aliphatic hydroxyl groups excluding tert-OH is 1. The zero-order valence-electron chi connectivity index (χ0n) is 8.39. The molecule has 0 spiro atoms. The van der Waals surface area contributed by atoms with Gasteiger partial charge < -0.3 is 10.4 Å². The first kappa shape index (κ1) is 11.5. The number of halogens is 1. The SMILES string of the molecule is Cc1ccc(CNCCCO)c(Cl)c1. The third-order valence-electron chi connectivity index (χ3n) is 2.04. The molecule has 0 aromatic heterocycles. The van der Waals surface area contributed by atoms with Crippen LogP contribution in [0.4, 0.5) is 0 Å². The van der Waals surface area contributed by atoms with E-state index in [0.29, 0.717) is 0 Å². The third-order valence-corrected chi connectivity index (χ3v) is 2.39. The molecule has 0 aliphatic heterocycles. The van der Waals surface area contributed by atoms with Crippen molar-refractivity contribution in [1.29, 1.82) is 0 Å². The van der Waals surface area contributed by atoms with Crippen LogP contribution in [0.2, 0.25) is 5.02 Å². The molecule has 0 atom stereocenters. The number of aliphatic hydroxyl groups is 1. The number of hydrogen-bond donors (Lipinski definition) is 2. The minimum absolute atomic E-state index is 0.231. The summed E-state index contributed by atoms with van der Waals surface area (Å²) in [6.07, 6.45) is 0.781. The molecule has 14 heavy (non-hydrogen) atoms. The van der Waals surface area contributed by atoms with Crippen molar-refractivity contribution >= 4 is 11.6 Å². The molecule has 3 heteroatoms. The van der Waals surface area contributed by atoms with Crippen molar-refractivity contribution in [2.45, 2.75) is 19.9 Å². The molecule has 0 unspecified atom stereocenters. The van der Waals surface area contributed by atoms with Crippen LogP contribution in [0.1, 0.15) is 17.5 Å². The number of rotatable bonds is 5. The molecule has 0 radical (unpaired) electrons. The molecule has 0 bridgehead atoms. The van der Waals surface area contributed by atoms with Gasteiger partial charge in [-0.1, -0.05) is 23.7 Å². The van der Waals surface area contributed by atoms with Crippen LogP contribution in [-0.4, -0.2) is 18.3 Å². The highest BCUT2D eigenvalue weighted by atomic mass is 35.5. The van der Waals surface area contributed by atoms with Crippen LogP contribution in [0.5, 0.6) is 0 Å². The molecule has 0 fully saturated rings. The lowest BCUT2D eigenvalue weighted by Crippen LogP contribution is -2.15. The van der Waals surface area contributed by atoms with Crippen molar-refractivity contribution in [3.63, 3.8) is 0 Å². The summed E-state index contributed by atoms with van der Waals surface area (Å²) >= 11 is 6.05. The van der Waals surface area contributed by atoms with Crippen LogP contribution in [0, 0.1) is 6.92 Å². The van der Waals surface area contributed by atoms with E-state index in [1.807, 2.05) is 19.1 Å². The Hall–Kier alpha value is -0.570. The average Bonchev–Trinajstić information content (AvgIpc) is 2.15. The van der Waals surface area contributed by atoms with Crippen LogP contribution in [0.25, 0.3) is 0 Å². The summed E-state index contributed by atoms with van der Waals surface area (Å²) in [5.41, 5.74) is 2.28. The monoisotopic (exact) mass is 213 g/mol. The van der Waals surface area contributed by atoms with E-state index in [1.165, 1.54) is 5.56 Å². The molecule has 0 saturated heterocycles. The van der Waals surface area contributed by atoms with E-state index in [4.69, 9.17) is 16.7 Å². The molecule has 0 saturated carbocycles. The lowest BCUT2D eigenvalue weighted by Gasteiger charge is -2.06. The van der Waals surface area contributed by atoms with E-state index in [-0.39, 0.29) is 6.61 Å². The molecule has 1 rings (SSSR count). The molecular formula is C11H16ClNO. The van der Waals surface area contributed by atoms with E-state index < -0.39 is 0 Å². The van der Waals surface area contributed by atoms with Crippen LogP contribution < -0.4 is 5.32 Å². The van der Waals surface area contributed by atoms with Gasteiger partial charge in [0.25, 0.3) is 0 Å². The first-order valence-corrected chi connectivity index (χ1v) is 5.18. The third kappa shape index (κ3) is 3.66. The fraction of sp³-hybridized carbons (Fsp3) is 0.455. The first-order valence-electron chi connectivity index (χ1n) is 4.80. The van der Waals surface area contributed by atoms with Gasteiger partial charge in [-0.05, 0) is 37.1 Å². The average molecular weight is 214 g/mol. The Bertz CT molecular complexity index is 289. The van der Waals surface area contributed by atoms with Crippen LogP contribution in [-0.2, 0) is 6.54 Å². The van der Waals surface area contributed by atoms with E-state index in [1.54, 1.807) is 0 Å². The number of aryl methyl sites for hydroxylation is 1. The van der Waals surface area contributed by atoms with Gasteiger partial charge in [-0.25, -0.2) is 0 Å². The summed E-state index contributed by atoms with van der Waals surface area (Å²) in [5.74, 6) is 0. The minimum atomic E-state index is 0.231. The normalized spacial score (nSPS) is 10.5. The Morgan fingerprint density at radius 2 is 2.21 bits per heavy atom. The topological polar surface area (TPSA) is 32.3 Å². The lowest BCUT2D eigenvalue weighted by molar-refractivity contribution is 0.286. The van der Waals surface area contributed by atoms with E-state index in [9.17, 15) is 0 Å². The van der Waals surface area contributed by atoms with E-state index in [2.05, 4.69) is 11.4 Å². The fourth-order valence-corrected chi connectivity index (χ4v) is 1.52. The highest BCUT2D eigenvalue weighted by Gasteiger charge is 1.99. The Morgan fingerprint density at radius 1 is 1.43 bits per heavy atom. The van der Waals surface area contributed by atoms with Crippen molar-refractivity contribution in [3.8, 4) is 0 Å². The lowest BCUT2D eigenvalue weighted by atomic mass is 10.1. The predicted molar refractivity (Wildman–Crippen MR) is 59.6 cm³/mol. The highest BCUT2D eigenvalue weighted by molar-refractivity contribution is 6.31.